The zero-order chi connectivity index (χ0) is 12.8. The highest BCUT2D eigenvalue weighted by atomic mass is 16.1. The standard InChI is InChI=1S/C16H14N2O/c19-16-14-10-17-7-5-12(14)9-15-13-4-2-1-3-11(13)6-8-18(15)16/h1-4,6,8-9,17H,5,7,10H2. The third-order valence-electron chi connectivity index (χ3n) is 3.95. The second-order valence-electron chi connectivity index (χ2n) is 5.04. The van der Waals surface area contributed by atoms with Crippen molar-refractivity contribution < 1.29 is 0 Å². The Balaban J connectivity index is 2.21. The van der Waals surface area contributed by atoms with Gasteiger partial charge in [-0.15, -0.1) is 0 Å². The van der Waals surface area contributed by atoms with Crippen LogP contribution in [0, 0.1) is 0 Å². The Hall–Kier alpha value is -2.13. The highest BCUT2D eigenvalue weighted by Crippen LogP contribution is 2.21. The van der Waals surface area contributed by atoms with E-state index in [0.717, 1.165) is 29.4 Å². The van der Waals surface area contributed by atoms with Gasteiger partial charge in [-0.2, -0.15) is 0 Å². The summed E-state index contributed by atoms with van der Waals surface area (Å²) in [6.07, 6.45) is 2.82. The maximum absolute atomic E-state index is 12.5. The van der Waals surface area contributed by atoms with Crippen LogP contribution in [-0.2, 0) is 13.0 Å². The lowest BCUT2D eigenvalue weighted by Gasteiger charge is -2.18. The highest BCUT2D eigenvalue weighted by Gasteiger charge is 2.15. The summed E-state index contributed by atoms with van der Waals surface area (Å²) in [5.74, 6) is 0. The average molecular weight is 250 g/mol. The Labute approximate surface area is 110 Å². The third-order valence-corrected chi connectivity index (χ3v) is 3.95. The van der Waals surface area contributed by atoms with Gasteiger partial charge in [0.1, 0.15) is 0 Å². The molecule has 3 aromatic rings. The van der Waals surface area contributed by atoms with E-state index in [1.54, 1.807) is 4.40 Å². The second-order valence-corrected chi connectivity index (χ2v) is 5.04. The van der Waals surface area contributed by atoms with E-state index >= 15 is 0 Å². The Morgan fingerprint density at radius 1 is 1.16 bits per heavy atom. The topological polar surface area (TPSA) is 33.5 Å². The molecule has 0 spiro atoms. The van der Waals surface area contributed by atoms with Gasteiger partial charge in [0.05, 0.1) is 5.52 Å². The molecule has 19 heavy (non-hydrogen) atoms. The van der Waals surface area contributed by atoms with Gasteiger partial charge in [-0.3, -0.25) is 9.20 Å². The Bertz CT molecular complexity index is 848. The van der Waals surface area contributed by atoms with E-state index in [1.165, 1.54) is 10.9 Å². The summed E-state index contributed by atoms with van der Waals surface area (Å²) >= 11 is 0. The largest absolute Gasteiger partial charge is 0.312 e. The normalized spacial score (nSPS) is 14.7. The van der Waals surface area contributed by atoms with Gasteiger partial charge in [0, 0.05) is 23.7 Å². The molecule has 3 heteroatoms. The molecule has 0 fully saturated rings. The van der Waals surface area contributed by atoms with Gasteiger partial charge in [-0.1, -0.05) is 24.3 Å². The molecule has 1 aliphatic rings. The van der Waals surface area contributed by atoms with Crippen molar-refractivity contribution in [3.05, 3.63) is 64.1 Å². The van der Waals surface area contributed by atoms with Crippen LogP contribution in [0.1, 0.15) is 11.1 Å². The zero-order valence-corrected chi connectivity index (χ0v) is 10.5. The molecule has 3 heterocycles. The van der Waals surface area contributed by atoms with Crippen LogP contribution in [0.15, 0.2) is 47.4 Å². The minimum atomic E-state index is 0.116. The van der Waals surface area contributed by atoms with Gasteiger partial charge >= 0.3 is 0 Å². The molecule has 1 N–H and O–H groups in total. The lowest BCUT2D eigenvalue weighted by atomic mass is 10.0. The van der Waals surface area contributed by atoms with Gasteiger partial charge in [-0.05, 0) is 36.0 Å². The van der Waals surface area contributed by atoms with Gasteiger partial charge in [0.2, 0.25) is 0 Å². The van der Waals surface area contributed by atoms with E-state index in [9.17, 15) is 4.79 Å². The minimum Gasteiger partial charge on any atom is -0.312 e. The number of nitrogens with zero attached hydrogens (tertiary/aromatic N) is 1. The predicted molar refractivity (Wildman–Crippen MR) is 76.6 cm³/mol. The van der Waals surface area contributed by atoms with Crippen molar-refractivity contribution in [2.45, 2.75) is 13.0 Å². The molecule has 0 bridgehead atoms. The molecule has 0 amide bonds. The van der Waals surface area contributed by atoms with Gasteiger partial charge in [-0.25, -0.2) is 0 Å². The molecule has 0 unspecified atom stereocenters. The number of rotatable bonds is 0. The highest BCUT2D eigenvalue weighted by molar-refractivity contribution is 5.95. The van der Waals surface area contributed by atoms with Crippen molar-refractivity contribution >= 4 is 16.3 Å². The maximum atomic E-state index is 12.5. The summed E-state index contributed by atoms with van der Waals surface area (Å²) in [4.78, 5) is 12.5. The number of hydrogen-bond donors (Lipinski definition) is 1. The van der Waals surface area contributed by atoms with Gasteiger partial charge < -0.3 is 5.32 Å². The molecular formula is C16H14N2O. The van der Waals surface area contributed by atoms with Crippen LogP contribution in [0.25, 0.3) is 16.3 Å². The zero-order valence-electron chi connectivity index (χ0n) is 10.5. The van der Waals surface area contributed by atoms with Crippen LogP contribution in [0.2, 0.25) is 0 Å². The van der Waals surface area contributed by atoms with Crippen LogP contribution in [0.4, 0.5) is 0 Å². The first kappa shape index (κ1) is 10.8. The van der Waals surface area contributed by atoms with E-state index in [0.29, 0.717) is 6.54 Å². The number of pyridine rings is 2. The van der Waals surface area contributed by atoms with Crippen LogP contribution in [0.3, 0.4) is 0 Å². The molecule has 0 atom stereocenters. The molecule has 1 aromatic carbocycles. The molecule has 1 aliphatic heterocycles. The molecule has 2 aromatic heterocycles. The lowest BCUT2D eigenvalue weighted by Crippen LogP contribution is -2.31. The fourth-order valence-corrected chi connectivity index (χ4v) is 2.95. The first-order chi connectivity index (χ1) is 9.34. The number of aromatic nitrogens is 1. The number of nitrogens with one attached hydrogen (secondary N) is 1. The Kier molecular flexibility index (Phi) is 2.23. The van der Waals surface area contributed by atoms with E-state index in [1.807, 2.05) is 24.4 Å². The lowest BCUT2D eigenvalue weighted by molar-refractivity contribution is 0.635. The molecule has 0 saturated heterocycles. The van der Waals surface area contributed by atoms with E-state index in [-0.39, 0.29) is 5.56 Å². The third kappa shape index (κ3) is 1.52. The fourth-order valence-electron chi connectivity index (χ4n) is 2.95. The van der Waals surface area contributed by atoms with Crippen LogP contribution in [0.5, 0.6) is 0 Å². The molecule has 3 nitrogen and oxygen atoms in total. The van der Waals surface area contributed by atoms with Crippen LogP contribution in [-0.4, -0.2) is 10.9 Å². The van der Waals surface area contributed by atoms with Crippen molar-refractivity contribution in [1.29, 1.82) is 0 Å². The predicted octanol–water partition coefficient (Wildman–Crippen LogP) is 2.10. The first-order valence-electron chi connectivity index (χ1n) is 6.60. The number of hydrogen-bond acceptors (Lipinski definition) is 2. The monoisotopic (exact) mass is 250 g/mol. The van der Waals surface area contributed by atoms with E-state index in [2.05, 4.69) is 23.5 Å². The van der Waals surface area contributed by atoms with Crippen molar-refractivity contribution in [3.63, 3.8) is 0 Å². The summed E-state index contributed by atoms with van der Waals surface area (Å²) < 4.78 is 1.77. The molecule has 4 rings (SSSR count). The van der Waals surface area contributed by atoms with Crippen LogP contribution < -0.4 is 10.9 Å². The second kappa shape index (κ2) is 3.93. The Morgan fingerprint density at radius 2 is 2.05 bits per heavy atom. The summed E-state index contributed by atoms with van der Waals surface area (Å²) in [7, 11) is 0. The summed E-state index contributed by atoms with van der Waals surface area (Å²) in [6.45, 7) is 1.64. The van der Waals surface area contributed by atoms with Crippen molar-refractivity contribution in [2.24, 2.45) is 0 Å². The first-order valence-corrected chi connectivity index (χ1v) is 6.60. The summed E-state index contributed by atoms with van der Waals surface area (Å²) in [5, 5.41) is 5.59. The number of benzene rings is 1. The molecule has 94 valence electrons. The molecule has 0 aliphatic carbocycles. The van der Waals surface area contributed by atoms with Crippen LogP contribution >= 0.6 is 0 Å². The number of fused-ring (bicyclic) bond motifs is 4. The van der Waals surface area contributed by atoms with Crippen molar-refractivity contribution in [1.82, 2.24) is 9.72 Å². The smallest absolute Gasteiger partial charge is 0.259 e. The quantitative estimate of drug-likeness (QED) is 0.620. The Morgan fingerprint density at radius 3 is 3.00 bits per heavy atom. The molecule has 0 radical (unpaired) electrons. The molecular weight excluding hydrogens is 236 g/mol. The SMILES string of the molecule is O=c1c2c(cc3c4ccccc4ccn13)CCNC2. The van der Waals surface area contributed by atoms with E-state index in [4.69, 9.17) is 0 Å². The summed E-state index contributed by atoms with van der Waals surface area (Å²) in [5.41, 5.74) is 3.24. The molecule has 0 saturated carbocycles. The fraction of sp³-hybridized carbons (Fsp3) is 0.188. The maximum Gasteiger partial charge on any atom is 0.259 e. The average Bonchev–Trinajstić information content (AvgIpc) is 2.47. The summed E-state index contributed by atoms with van der Waals surface area (Å²) in [6, 6.07) is 12.4. The van der Waals surface area contributed by atoms with Gasteiger partial charge in [0.25, 0.3) is 5.56 Å². The van der Waals surface area contributed by atoms with Crippen molar-refractivity contribution in [2.75, 3.05) is 6.54 Å². The van der Waals surface area contributed by atoms with Gasteiger partial charge in [0.15, 0.2) is 0 Å². The van der Waals surface area contributed by atoms with E-state index < -0.39 is 0 Å². The minimum absolute atomic E-state index is 0.116. The van der Waals surface area contributed by atoms with Crippen molar-refractivity contribution in [3.8, 4) is 0 Å².